The first-order chi connectivity index (χ1) is 9.70. The number of hydrogen-bond acceptors (Lipinski definition) is 4. The van der Waals surface area contributed by atoms with Gasteiger partial charge in [-0.2, -0.15) is 0 Å². The molecule has 0 radical (unpaired) electrons. The molecule has 1 aromatic carbocycles. The molecule has 1 aromatic rings. The molecule has 1 amide bonds. The van der Waals surface area contributed by atoms with Gasteiger partial charge in [0.05, 0.1) is 6.61 Å². The van der Waals surface area contributed by atoms with Crippen LogP contribution in [0, 0.1) is 0 Å². The number of amides is 1. The molecule has 1 atom stereocenters. The average Bonchev–Trinajstić information content (AvgIpc) is 2.48. The van der Waals surface area contributed by atoms with Crippen LogP contribution in [-0.2, 0) is 6.42 Å². The van der Waals surface area contributed by atoms with E-state index in [4.69, 9.17) is 10.8 Å². The predicted octanol–water partition coefficient (Wildman–Crippen LogP) is 0.679. The van der Waals surface area contributed by atoms with E-state index in [1.54, 1.807) is 6.07 Å². The summed E-state index contributed by atoms with van der Waals surface area (Å²) in [6.45, 7) is 1.73. The summed E-state index contributed by atoms with van der Waals surface area (Å²) in [6, 6.07) is 7.09. The molecule has 5 nitrogen and oxygen atoms in total. The minimum Gasteiger partial charge on any atom is -0.395 e. The van der Waals surface area contributed by atoms with Gasteiger partial charge in [-0.3, -0.25) is 10.2 Å². The molecule has 0 aromatic heterocycles. The SMILES string of the molecule is N[C@@H](CO)Cc1ccccc1C(=O)NN1CCCCC1. The predicted molar refractivity (Wildman–Crippen MR) is 78.1 cm³/mol. The van der Waals surface area contributed by atoms with Gasteiger partial charge in [-0.25, -0.2) is 5.01 Å². The quantitative estimate of drug-likeness (QED) is 0.739. The third kappa shape index (κ3) is 4.03. The normalized spacial score (nSPS) is 17.7. The number of nitrogens with zero attached hydrogens (tertiary/aromatic N) is 1. The van der Waals surface area contributed by atoms with E-state index in [2.05, 4.69) is 5.43 Å². The highest BCUT2D eigenvalue weighted by atomic mass is 16.3. The second-order valence-corrected chi connectivity index (χ2v) is 5.29. The molecule has 0 unspecified atom stereocenters. The van der Waals surface area contributed by atoms with Crippen LogP contribution in [-0.4, -0.2) is 41.8 Å². The first-order valence-corrected chi connectivity index (χ1v) is 7.21. The van der Waals surface area contributed by atoms with Crippen molar-refractivity contribution in [3.8, 4) is 0 Å². The van der Waals surface area contributed by atoms with Crippen LogP contribution in [0.5, 0.6) is 0 Å². The first-order valence-electron chi connectivity index (χ1n) is 7.21. The molecule has 110 valence electrons. The third-order valence-electron chi connectivity index (χ3n) is 3.59. The Morgan fingerprint density at radius 2 is 2.00 bits per heavy atom. The zero-order chi connectivity index (χ0) is 14.4. The lowest BCUT2D eigenvalue weighted by Crippen LogP contribution is -2.45. The van der Waals surface area contributed by atoms with E-state index < -0.39 is 0 Å². The maximum Gasteiger partial charge on any atom is 0.265 e. The Hall–Kier alpha value is -1.43. The lowest BCUT2D eigenvalue weighted by molar-refractivity contribution is 0.0749. The zero-order valence-corrected chi connectivity index (χ0v) is 11.7. The van der Waals surface area contributed by atoms with Crippen molar-refractivity contribution in [2.75, 3.05) is 19.7 Å². The van der Waals surface area contributed by atoms with Crippen LogP contribution in [0.25, 0.3) is 0 Å². The Morgan fingerprint density at radius 1 is 1.30 bits per heavy atom. The second-order valence-electron chi connectivity index (χ2n) is 5.29. The van der Waals surface area contributed by atoms with Gasteiger partial charge in [0.25, 0.3) is 5.91 Å². The lowest BCUT2D eigenvalue weighted by atomic mass is 10.0. The number of hydrazine groups is 1. The number of piperidine rings is 1. The van der Waals surface area contributed by atoms with Crippen molar-refractivity contribution in [2.24, 2.45) is 5.73 Å². The summed E-state index contributed by atoms with van der Waals surface area (Å²) in [6.07, 6.45) is 3.98. The van der Waals surface area contributed by atoms with E-state index in [0.29, 0.717) is 12.0 Å². The Bertz CT molecular complexity index is 444. The summed E-state index contributed by atoms with van der Waals surface area (Å²) in [5.74, 6) is -0.0901. The van der Waals surface area contributed by atoms with Crippen molar-refractivity contribution >= 4 is 5.91 Å². The van der Waals surface area contributed by atoms with Gasteiger partial charge >= 0.3 is 0 Å². The smallest absolute Gasteiger partial charge is 0.265 e. The molecule has 5 heteroatoms. The van der Waals surface area contributed by atoms with Gasteiger partial charge in [-0.1, -0.05) is 24.6 Å². The Labute approximate surface area is 119 Å². The summed E-state index contributed by atoms with van der Waals surface area (Å²) < 4.78 is 0. The van der Waals surface area contributed by atoms with E-state index >= 15 is 0 Å². The summed E-state index contributed by atoms with van der Waals surface area (Å²) in [4.78, 5) is 12.3. The van der Waals surface area contributed by atoms with Crippen molar-refractivity contribution < 1.29 is 9.90 Å². The molecule has 0 spiro atoms. The second kappa shape index (κ2) is 7.38. The fourth-order valence-electron chi connectivity index (χ4n) is 2.48. The summed E-state index contributed by atoms with van der Waals surface area (Å²) >= 11 is 0. The van der Waals surface area contributed by atoms with Crippen molar-refractivity contribution in [1.29, 1.82) is 0 Å². The number of aliphatic hydroxyl groups excluding tert-OH is 1. The highest BCUT2D eigenvalue weighted by molar-refractivity contribution is 5.95. The number of nitrogens with two attached hydrogens (primary N) is 1. The van der Waals surface area contributed by atoms with Gasteiger partial charge in [0.2, 0.25) is 0 Å². The molecule has 1 saturated heterocycles. The van der Waals surface area contributed by atoms with Crippen LogP contribution in [0.15, 0.2) is 24.3 Å². The van der Waals surface area contributed by atoms with Crippen LogP contribution >= 0.6 is 0 Å². The highest BCUT2D eigenvalue weighted by Gasteiger charge is 2.17. The minimum absolute atomic E-state index is 0.0813. The molecule has 1 fully saturated rings. The number of nitrogens with one attached hydrogen (secondary N) is 1. The molecule has 1 aliphatic rings. The van der Waals surface area contributed by atoms with Crippen LogP contribution < -0.4 is 11.2 Å². The zero-order valence-electron chi connectivity index (χ0n) is 11.7. The topological polar surface area (TPSA) is 78.6 Å². The third-order valence-corrected chi connectivity index (χ3v) is 3.59. The Kier molecular flexibility index (Phi) is 5.52. The molecule has 1 aliphatic heterocycles. The van der Waals surface area contributed by atoms with Gasteiger partial charge in [0, 0.05) is 24.7 Å². The van der Waals surface area contributed by atoms with Gasteiger partial charge in [0.1, 0.15) is 0 Å². The molecule has 0 bridgehead atoms. The van der Waals surface area contributed by atoms with Crippen molar-refractivity contribution in [3.63, 3.8) is 0 Å². The first kappa shape index (κ1) is 15.0. The lowest BCUT2D eigenvalue weighted by Gasteiger charge is -2.27. The molecule has 0 saturated carbocycles. The number of carbonyl (C=O) groups is 1. The van der Waals surface area contributed by atoms with Crippen molar-refractivity contribution in [1.82, 2.24) is 10.4 Å². The number of hydrogen-bond donors (Lipinski definition) is 3. The van der Waals surface area contributed by atoms with Crippen molar-refractivity contribution in [3.05, 3.63) is 35.4 Å². The van der Waals surface area contributed by atoms with Crippen LogP contribution in [0.3, 0.4) is 0 Å². The molecule has 1 heterocycles. The van der Waals surface area contributed by atoms with Gasteiger partial charge < -0.3 is 10.8 Å². The maximum atomic E-state index is 12.3. The van der Waals surface area contributed by atoms with E-state index in [0.717, 1.165) is 31.5 Å². The summed E-state index contributed by atoms with van der Waals surface area (Å²) in [7, 11) is 0. The molecule has 0 aliphatic carbocycles. The van der Waals surface area contributed by atoms with Crippen LogP contribution in [0.4, 0.5) is 0 Å². The monoisotopic (exact) mass is 277 g/mol. The Morgan fingerprint density at radius 3 is 2.70 bits per heavy atom. The van der Waals surface area contributed by atoms with Gasteiger partial charge in [-0.15, -0.1) is 0 Å². The number of aliphatic hydroxyl groups is 1. The number of benzene rings is 1. The molecular weight excluding hydrogens is 254 g/mol. The Balaban J connectivity index is 2.04. The van der Waals surface area contributed by atoms with E-state index in [9.17, 15) is 4.79 Å². The number of carbonyl (C=O) groups excluding carboxylic acids is 1. The average molecular weight is 277 g/mol. The molecule has 20 heavy (non-hydrogen) atoms. The highest BCUT2D eigenvalue weighted by Crippen LogP contribution is 2.12. The fourth-order valence-corrected chi connectivity index (χ4v) is 2.48. The fraction of sp³-hybridized carbons (Fsp3) is 0.533. The van der Waals surface area contributed by atoms with E-state index in [1.165, 1.54) is 6.42 Å². The summed E-state index contributed by atoms with van der Waals surface area (Å²) in [5, 5.41) is 11.0. The largest absolute Gasteiger partial charge is 0.395 e. The molecular formula is C15H23N3O2. The van der Waals surface area contributed by atoms with Crippen molar-refractivity contribution in [2.45, 2.75) is 31.7 Å². The van der Waals surface area contributed by atoms with E-state index in [-0.39, 0.29) is 18.6 Å². The van der Waals surface area contributed by atoms with Crippen LogP contribution in [0.1, 0.15) is 35.2 Å². The number of rotatable bonds is 5. The standard InChI is InChI=1S/C15H23N3O2/c16-13(11-19)10-12-6-2-3-7-14(12)15(20)17-18-8-4-1-5-9-18/h2-3,6-7,13,19H,1,4-5,8-11,16H2,(H,17,20)/t13-/m1/s1. The van der Waals surface area contributed by atoms with Gasteiger partial charge in [0.15, 0.2) is 0 Å². The molecule has 4 N–H and O–H groups in total. The van der Waals surface area contributed by atoms with Gasteiger partial charge in [-0.05, 0) is 30.9 Å². The van der Waals surface area contributed by atoms with E-state index in [1.807, 2.05) is 23.2 Å². The maximum absolute atomic E-state index is 12.3. The molecule has 2 rings (SSSR count). The minimum atomic E-state index is -0.334. The van der Waals surface area contributed by atoms with Crippen LogP contribution in [0.2, 0.25) is 0 Å². The summed E-state index contributed by atoms with van der Waals surface area (Å²) in [5.41, 5.74) is 10.2.